The summed E-state index contributed by atoms with van der Waals surface area (Å²) in [6, 6.07) is 0. The first kappa shape index (κ1) is 10.5. The summed E-state index contributed by atoms with van der Waals surface area (Å²) in [5, 5.41) is 20.9. The molecule has 4 nitrogen and oxygen atoms in total. The highest BCUT2D eigenvalue weighted by atomic mass is 16.4. The van der Waals surface area contributed by atoms with Crippen LogP contribution in [0.4, 0.5) is 0 Å². The Morgan fingerprint density at radius 1 is 1.62 bits per heavy atom. The van der Waals surface area contributed by atoms with E-state index in [1.807, 2.05) is 0 Å². The second-order valence-electron chi connectivity index (χ2n) is 3.65. The van der Waals surface area contributed by atoms with E-state index in [-0.39, 0.29) is 18.9 Å². The average molecular weight is 187 g/mol. The lowest BCUT2D eigenvalue weighted by Crippen LogP contribution is -2.36. The highest BCUT2D eigenvalue weighted by Gasteiger charge is 2.24. The molecule has 0 aromatic carbocycles. The van der Waals surface area contributed by atoms with E-state index in [9.17, 15) is 4.79 Å². The molecule has 0 amide bonds. The van der Waals surface area contributed by atoms with Gasteiger partial charge >= 0.3 is 5.97 Å². The van der Waals surface area contributed by atoms with E-state index in [0.29, 0.717) is 5.92 Å². The van der Waals surface area contributed by atoms with Gasteiger partial charge in [-0.15, -0.1) is 0 Å². The van der Waals surface area contributed by atoms with Gasteiger partial charge in [0.15, 0.2) is 0 Å². The summed E-state index contributed by atoms with van der Waals surface area (Å²) < 4.78 is 0. The molecular weight excluding hydrogens is 170 g/mol. The van der Waals surface area contributed by atoms with Crippen molar-refractivity contribution in [1.29, 1.82) is 0 Å². The van der Waals surface area contributed by atoms with Crippen LogP contribution in [0.2, 0.25) is 0 Å². The maximum Gasteiger partial charge on any atom is 0.303 e. The molecule has 1 saturated heterocycles. The number of carboxylic acids is 1. The summed E-state index contributed by atoms with van der Waals surface area (Å²) in [4.78, 5) is 10.5. The molecule has 4 heteroatoms. The third kappa shape index (κ3) is 3.32. The van der Waals surface area contributed by atoms with Crippen LogP contribution in [0, 0.1) is 11.8 Å². The Morgan fingerprint density at radius 2 is 2.38 bits per heavy atom. The Morgan fingerprint density at radius 3 is 2.85 bits per heavy atom. The van der Waals surface area contributed by atoms with E-state index in [1.165, 1.54) is 0 Å². The first-order chi connectivity index (χ1) is 6.24. The van der Waals surface area contributed by atoms with Gasteiger partial charge in [-0.05, 0) is 37.8 Å². The summed E-state index contributed by atoms with van der Waals surface area (Å²) in [6.07, 6.45) is 2.20. The van der Waals surface area contributed by atoms with E-state index in [4.69, 9.17) is 10.2 Å². The Kier molecular flexibility index (Phi) is 4.18. The third-order valence-corrected chi connectivity index (χ3v) is 2.67. The lowest BCUT2D eigenvalue weighted by molar-refractivity contribution is -0.139. The molecule has 1 fully saturated rings. The third-order valence-electron chi connectivity index (χ3n) is 2.67. The van der Waals surface area contributed by atoms with Gasteiger partial charge in [-0.2, -0.15) is 0 Å². The standard InChI is InChI=1S/C9H17NO3/c11-6-8(4-9(12)13)7-2-1-3-10-5-7/h7-8,10-11H,1-6H2,(H,12,13). The predicted molar refractivity (Wildman–Crippen MR) is 48.4 cm³/mol. The smallest absolute Gasteiger partial charge is 0.303 e. The van der Waals surface area contributed by atoms with Gasteiger partial charge in [0.1, 0.15) is 0 Å². The summed E-state index contributed by atoms with van der Waals surface area (Å²) in [7, 11) is 0. The van der Waals surface area contributed by atoms with Crippen LogP contribution < -0.4 is 5.32 Å². The molecule has 1 rings (SSSR count). The summed E-state index contributed by atoms with van der Waals surface area (Å²) in [5.74, 6) is -0.565. The molecule has 0 aliphatic carbocycles. The van der Waals surface area contributed by atoms with Crippen molar-refractivity contribution in [2.45, 2.75) is 19.3 Å². The highest BCUT2D eigenvalue weighted by molar-refractivity contribution is 5.67. The quantitative estimate of drug-likeness (QED) is 0.582. The first-order valence-electron chi connectivity index (χ1n) is 4.77. The van der Waals surface area contributed by atoms with Gasteiger partial charge in [-0.1, -0.05) is 0 Å². The van der Waals surface area contributed by atoms with Crippen LogP contribution in [0.5, 0.6) is 0 Å². The van der Waals surface area contributed by atoms with Crippen molar-refractivity contribution in [2.75, 3.05) is 19.7 Å². The van der Waals surface area contributed by atoms with E-state index >= 15 is 0 Å². The molecule has 1 heterocycles. The van der Waals surface area contributed by atoms with Gasteiger partial charge in [0, 0.05) is 6.61 Å². The van der Waals surface area contributed by atoms with Crippen molar-refractivity contribution < 1.29 is 15.0 Å². The van der Waals surface area contributed by atoms with Gasteiger partial charge in [-0.3, -0.25) is 4.79 Å². The zero-order valence-corrected chi connectivity index (χ0v) is 7.70. The number of rotatable bonds is 4. The van der Waals surface area contributed by atoms with Gasteiger partial charge in [0.2, 0.25) is 0 Å². The van der Waals surface area contributed by atoms with Crippen LogP contribution in [-0.2, 0) is 4.79 Å². The fourth-order valence-corrected chi connectivity index (χ4v) is 1.89. The van der Waals surface area contributed by atoms with Crippen LogP contribution in [0.15, 0.2) is 0 Å². The molecule has 0 radical (unpaired) electrons. The van der Waals surface area contributed by atoms with E-state index in [2.05, 4.69) is 5.32 Å². The van der Waals surface area contributed by atoms with E-state index < -0.39 is 5.97 Å². The number of aliphatic hydroxyl groups excluding tert-OH is 1. The van der Waals surface area contributed by atoms with Crippen molar-refractivity contribution in [3.05, 3.63) is 0 Å². The molecule has 1 aliphatic heterocycles. The Labute approximate surface area is 78.0 Å². The molecule has 13 heavy (non-hydrogen) atoms. The monoisotopic (exact) mass is 187 g/mol. The lowest BCUT2D eigenvalue weighted by Gasteiger charge is -2.28. The van der Waals surface area contributed by atoms with Crippen molar-refractivity contribution in [3.63, 3.8) is 0 Å². The van der Waals surface area contributed by atoms with Crippen molar-refractivity contribution in [2.24, 2.45) is 11.8 Å². The second kappa shape index (κ2) is 5.19. The number of piperidine rings is 1. The van der Waals surface area contributed by atoms with E-state index in [1.54, 1.807) is 0 Å². The normalized spacial score (nSPS) is 25.5. The number of aliphatic hydroxyl groups is 1. The number of hydrogen-bond acceptors (Lipinski definition) is 3. The maximum absolute atomic E-state index is 10.5. The Bertz CT molecular complexity index is 166. The Hall–Kier alpha value is -0.610. The summed E-state index contributed by atoms with van der Waals surface area (Å²) in [5.41, 5.74) is 0. The van der Waals surface area contributed by atoms with Crippen LogP contribution in [0.1, 0.15) is 19.3 Å². The molecule has 0 aromatic rings. The number of carbonyl (C=O) groups is 1. The molecular formula is C9H17NO3. The fourth-order valence-electron chi connectivity index (χ4n) is 1.89. The molecule has 2 unspecified atom stereocenters. The zero-order valence-electron chi connectivity index (χ0n) is 7.70. The topological polar surface area (TPSA) is 69.6 Å². The number of aliphatic carboxylic acids is 1. The van der Waals surface area contributed by atoms with Gasteiger partial charge < -0.3 is 15.5 Å². The first-order valence-corrected chi connectivity index (χ1v) is 4.77. The van der Waals surface area contributed by atoms with Gasteiger partial charge in [-0.25, -0.2) is 0 Å². The van der Waals surface area contributed by atoms with Crippen LogP contribution in [-0.4, -0.2) is 35.9 Å². The molecule has 0 saturated carbocycles. The van der Waals surface area contributed by atoms with E-state index in [0.717, 1.165) is 25.9 Å². The van der Waals surface area contributed by atoms with Gasteiger partial charge in [0.05, 0.1) is 6.42 Å². The minimum absolute atomic E-state index is 0.0152. The van der Waals surface area contributed by atoms with Crippen molar-refractivity contribution in [1.82, 2.24) is 5.32 Å². The zero-order chi connectivity index (χ0) is 9.68. The largest absolute Gasteiger partial charge is 0.481 e. The van der Waals surface area contributed by atoms with Crippen LogP contribution in [0.25, 0.3) is 0 Å². The maximum atomic E-state index is 10.5. The van der Waals surface area contributed by atoms with Gasteiger partial charge in [0.25, 0.3) is 0 Å². The van der Waals surface area contributed by atoms with Crippen molar-refractivity contribution >= 4 is 5.97 Å². The SMILES string of the molecule is O=C(O)CC(CO)C1CCCNC1. The molecule has 0 aromatic heterocycles. The molecule has 2 atom stereocenters. The Balaban J connectivity index is 2.39. The number of carboxylic acid groups (broad SMARTS) is 1. The van der Waals surface area contributed by atoms with Crippen molar-refractivity contribution in [3.8, 4) is 0 Å². The predicted octanol–water partition coefficient (Wildman–Crippen LogP) is 0.0692. The van der Waals surface area contributed by atoms with Crippen LogP contribution >= 0.6 is 0 Å². The minimum atomic E-state index is -0.815. The number of hydrogen-bond donors (Lipinski definition) is 3. The minimum Gasteiger partial charge on any atom is -0.481 e. The fraction of sp³-hybridized carbons (Fsp3) is 0.889. The average Bonchev–Trinajstić information content (AvgIpc) is 2.15. The van der Waals surface area contributed by atoms with Crippen LogP contribution in [0.3, 0.4) is 0 Å². The molecule has 3 N–H and O–H groups in total. The molecule has 1 aliphatic rings. The lowest BCUT2D eigenvalue weighted by atomic mass is 9.85. The number of nitrogens with one attached hydrogen (secondary N) is 1. The highest BCUT2D eigenvalue weighted by Crippen LogP contribution is 2.22. The molecule has 0 bridgehead atoms. The second-order valence-corrected chi connectivity index (χ2v) is 3.65. The molecule has 76 valence electrons. The summed E-state index contributed by atoms with van der Waals surface area (Å²) in [6.45, 7) is 1.85. The summed E-state index contributed by atoms with van der Waals surface area (Å²) >= 11 is 0. The molecule has 0 spiro atoms.